The number of hydrogen-bond donors (Lipinski definition) is 1. The summed E-state index contributed by atoms with van der Waals surface area (Å²) in [5.74, 6) is -0.941. The molecule has 1 aliphatic rings. The Kier molecular flexibility index (Phi) is 5.97. The van der Waals surface area contributed by atoms with E-state index in [1.165, 1.54) is 17.0 Å². The quantitative estimate of drug-likeness (QED) is 0.505. The van der Waals surface area contributed by atoms with Gasteiger partial charge in [0.1, 0.15) is 5.82 Å². The van der Waals surface area contributed by atoms with Crippen LogP contribution < -0.4 is 10.2 Å². The van der Waals surface area contributed by atoms with Gasteiger partial charge in [-0.05, 0) is 61.4 Å². The summed E-state index contributed by atoms with van der Waals surface area (Å²) >= 11 is 12.2. The van der Waals surface area contributed by atoms with Crippen molar-refractivity contribution in [3.8, 4) is 0 Å². The molecular weight excluding hydrogens is 450 g/mol. The summed E-state index contributed by atoms with van der Waals surface area (Å²) in [6.07, 6.45) is 0. The summed E-state index contributed by atoms with van der Waals surface area (Å²) in [6.45, 7) is 3.93. The summed E-state index contributed by atoms with van der Waals surface area (Å²) in [5.41, 5.74) is 2.07. The molecule has 2 amide bonds. The minimum absolute atomic E-state index is 0.0195. The summed E-state index contributed by atoms with van der Waals surface area (Å²) in [7, 11) is 0. The molecule has 0 fully saturated rings. The van der Waals surface area contributed by atoms with Crippen molar-refractivity contribution in [3.63, 3.8) is 0 Å². The van der Waals surface area contributed by atoms with E-state index in [1.54, 1.807) is 36.4 Å². The second kappa shape index (κ2) is 8.57. The Balaban J connectivity index is 1.63. The van der Waals surface area contributed by atoms with Gasteiger partial charge in [-0.15, -0.1) is 0 Å². The van der Waals surface area contributed by atoms with Gasteiger partial charge < -0.3 is 10.2 Å². The third kappa shape index (κ3) is 4.10. The lowest BCUT2D eigenvalue weighted by atomic mass is 9.86. The lowest BCUT2D eigenvalue weighted by Crippen LogP contribution is -2.36. The lowest BCUT2D eigenvalue weighted by Gasteiger charge is -2.21. The van der Waals surface area contributed by atoms with Crippen molar-refractivity contribution in [1.82, 2.24) is 5.32 Å². The number of carbonyl (C=O) groups is 2. The fourth-order valence-electron chi connectivity index (χ4n) is 3.92. The molecule has 0 aliphatic carbocycles. The van der Waals surface area contributed by atoms with E-state index < -0.39 is 11.2 Å². The van der Waals surface area contributed by atoms with Crippen molar-refractivity contribution in [1.29, 1.82) is 0 Å². The Morgan fingerprint density at radius 1 is 1.06 bits per heavy atom. The first kappa shape index (κ1) is 22.3. The van der Waals surface area contributed by atoms with Crippen molar-refractivity contribution in [3.05, 3.63) is 98.8 Å². The number of rotatable bonds is 5. The summed E-state index contributed by atoms with van der Waals surface area (Å²) in [6, 6.07) is 16.8. The zero-order valence-electron chi connectivity index (χ0n) is 17.6. The normalized spacial score (nSPS) is 14.4. The van der Waals surface area contributed by atoms with Crippen molar-refractivity contribution >= 4 is 40.7 Å². The van der Waals surface area contributed by atoms with Crippen LogP contribution >= 0.6 is 23.2 Å². The highest BCUT2D eigenvalue weighted by molar-refractivity contribution is 6.31. The van der Waals surface area contributed by atoms with Gasteiger partial charge in [0, 0.05) is 33.4 Å². The van der Waals surface area contributed by atoms with Crippen LogP contribution in [0.2, 0.25) is 10.0 Å². The molecule has 1 heterocycles. The first-order chi connectivity index (χ1) is 15.2. The molecule has 3 aromatic carbocycles. The summed E-state index contributed by atoms with van der Waals surface area (Å²) in [4.78, 5) is 27.5. The Bertz CT molecular complexity index is 1210. The molecule has 0 radical (unpaired) electrons. The highest BCUT2D eigenvalue weighted by atomic mass is 35.5. The van der Waals surface area contributed by atoms with Gasteiger partial charge in [-0.1, -0.05) is 47.5 Å². The fraction of sp³-hybridized carbons (Fsp3) is 0.200. The van der Waals surface area contributed by atoms with E-state index in [1.807, 2.05) is 26.0 Å². The van der Waals surface area contributed by atoms with Crippen LogP contribution in [0.1, 0.15) is 40.9 Å². The molecule has 3 aromatic rings. The van der Waals surface area contributed by atoms with Crippen molar-refractivity contribution in [2.45, 2.75) is 32.4 Å². The molecule has 4 nitrogen and oxygen atoms in total. The maximum atomic E-state index is 14.4. The second-order valence-corrected chi connectivity index (χ2v) is 9.10. The average molecular weight is 471 g/mol. The number of nitrogens with one attached hydrogen (secondary N) is 1. The van der Waals surface area contributed by atoms with Crippen LogP contribution in [-0.2, 0) is 23.3 Å². The molecule has 1 aliphatic heterocycles. The van der Waals surface area contributed by atoms with Crippen LogP contribution in [0.15, 0.2) is 60.7 Å². The van der Waals surface area contributed by atoms with Crippen LogP contribution in [0.25, 0.3) is 0 Å². The Morgan fingerprint density at radius 3 is 2.53 bits per heavy atom. The zero-order valence-corrected chi connectivity index (χ0v) is 19.1. The molecule has 164 valence electrons. The van der Waals surface area contributed by atoms with E-state index in [-0.39, 0.29) is 28.9 Å². The van der Waals surface area contributed by atoms with Gasteiger partial charge in [-0.3, -0.25) is 9.59 Å². The van der Waals surface area contributed by atoms with Gasteiger partial charge in [0.05, 0.1) is 12.0 Å². The van der Waals surface area contributed by atoms with Crippen LogP contribution in [0.5, 0.6) is 0 Å². The number of amides is 2. The number of hydrogen-bond acceptors (Lipinski definition) is 2. The van der Waals surface area contributed by atoms with Gasteiger partial charge >= 0.3 is 0 Å². The van der Waals surface area contributed by atoms with Gasteiger partial charge in [0.15, 0.2) is 0 Å². The predicted octanol–water partition coefficient (Wildman–Crippen LogP) is 5.89. The lowest BCUT2D eigenvalue weighted by molar-refractivity contribution is -0.122. The first-order valence-electron chi connectivity index (χ1n) is 10.1. The maximum Gasteiger partial charge on any atom is 0.251 e. The number of nitrogens with zero attached hydrogens (tertiary/aromatic N) is 1. The van der Waals surface area contributed by atoms with E-state index in [4.69, 9.17) is 23.2 Å². The minimum Gasteiger partial charge on any atom is -0.348 e. The van der Waals surface area contributed by atoms with Crippen molar-refractivity contribution < 1.29 is 14.0 Å². The largest absolute Gasteiger partial charge is 0.348 e. The molecule has 0 spiro atoms. The van der Waals surface area contributed by atoms with Crippen molar-refractivity contribution in [2.75, 3.05) is 4.90 Å². The molecular formula is C25H21Cl2FN2O2. The Morgan fingerprint density at radius 2 is 1.81 bits per heavy atom. The molecule has 0 saturated carbocycles. The van der Waals surface area contributed by atoms with Crippen molar-refractivity contribution in [2.24, 2.45) is 0 Å². The van der Waals surface area contributed by atoms with Crippen LogP contribution in [0, 0.1) is 5.82 Å². The molecule has 0 aromatic heterocycles. The first-order valence-corrected chi connectivity index (χ1v) is 10.9. The van der Waals surface area contributed by atoms with E-state index in [9.17, 15) is 14.0 Å². The number of benzene rings is 3. The highest BCUT2D eigenvalue weighted by Gasteiger charge is 2.44. The van der Waals surface area contributed by atoms with E-state index >= 15 is 0 Å². The zero-order chi connectivity index (χ0) is 23.0. The topological polar surface area (TPSA) is 49.4 Å². The summed E-state index contributed by atoms with van der Waals surface area (Å²) in [5, 5.41) is 3.71. The van der Waals surface area contributed by atoms with E-state index in [2.05, 4.69) is 5.32 Å². The molecule has 4 rings (SSSR count). The second-order valence-electron chi connectivity index (χ2n) is 8.26. The minimum atomic E-state index is -0.803. The molecule has 32 heavy (non-hydrogen) atoms. The maximum absolute atomic E-state index is 14.4. The Hall–Kier alpha value is -2.89. The molecule has 1 N–H and O–H groups in total. The van der Waals surface area contributed by atoms with E-state index in [0.717, 1.165) is 11.1 Å². The van der Waals surface area contributed by atoms with Crippen LogP contribution in [0.4, 0.5) is 10.1 Å². The molecule has 7 heteroatoms. The van der Waals surface area contributed by atoms with Gasteiger partial charge in [-0.25, -0.2) is 4.39 Å². The van der Waals surface area contributed by atoms with Gasteiger partial charge in [-0.2, -0.15) is 0 Å². The van der Waals surface area contributed by atoms with E-state index in [0.29, 0.717) is 22.8 Å². The molecule has 0 unspecified atom stereocenters. The van der Waals surface area contributed by atoms with Gasteiger partial charge in [0.2, 0.25) is 5.91 Å². The monoisotopic (exact) mass is 470 g/mol. The third-order valence-electron chi connectivity index (χ3n) is 5.72. The predicted molar refractivity (Wildman–Crippen MR) is 125 cm³/mol. The smallest absolute Gasteiger partial charge is 0.251 e. The molecule has 0 atom stereocenters. The van der Waals surface area contributed by atoms with Crippen LogP contribution in [0.3, 0.4) is 0 Å². The summed E-state index contributed by atoms with van der Waals surface area (Å²) < 4.78 is 14.4. The van der Waals surface area contributed by atoms with Crippen LogP contribution in [-0.4, -0.2) is 11.8 Å². The highest BCUT2D eigenvalue weighted by Crippen LogP contribution is 2.43. The third-order valence-corrected chi connectivity index (χ3v) is 6.31. The number of fused-ring (bicyclic) bond motifs is 1. The average Bonchev–Trinajstić information content (AvgIpc) is 2.94. The van der Waals surface area contributed by atoms with Gasteiger partial charge in [0.25, 0.3) is 5.91 Å². The number of anilines is 1. The number of carbonyl (C=O) groups excluding carboxylic acids is 2. The Labute approximate surface area is 195 Å². The fourth-order valence-corrected chi connectivity index (χ4v) is 4.35. The molecule has 0 bridgehead atoms. The number of halogens is 3. The standard InChI is InChI=1S/C25H21Cl2FN2O2/c1-25(2)19-10-9-16(23(31)29-13-15-5-3-6-17(26)11-15)12-22(19)30(24(25)32)14-18-20(27)7-4-8-21(18)28/h3-12H,13-14H2,1-2H3,(H,29,31). The molecule has 0 saturated heterocycles. The SMILES string of the molecule is CC1(C)C(=O)N(Cc2c(F)cccc2Cl)c2cc(C(=O)NCc3cccc(Cl)c3)ccc21.